The van der Waals surface area contributed by atoms with Gasteiger partial charge in [-0.05, 0) is 19.1 Å². The highest BCUT2D eigenvalue weighted by Crippen LogP contribution is 2.23. The molecule has 2 aromatic heterocycles. The largest absolute Gasteiger partial charge is 0.365 e. The number of primary amides is 1. The summed E-state index contributed by atoms with van der Waals surface area (Å²) in [5.74, 6) is -0.0156. The molecule has 2 heterocycles. The first kappa shape index (κ1) is 13.9. The van der Waals surface area contributed by atoms with E-state index in [1.165, 1.54) is 6.20 Å². The van der Waals surface area contributed by atoms with Crippen LogP contribution < -0.4 is 5.73 Å². The molecule has 1 aromatic carbocycles. The third-order valence-electron chi connectivity index (χ3n) is 3.30. The summed E-state index contributed by atoms with van der Waals surface area (Å²) in [4.78, 5) is 24.4. The van der Waals surface area contributed by atoms with Crippen LogP contribution in [0.5, 0.6) is 0 Å². The number of benzene rings is 1. The van der Waals surface area contributed by atoms with E-state index in [0.29, 0.717) is 11.5 Å². The molecule has 108 valence electrons. The summed E-state index contributed by atoms with van der Waals surface area (Å²) in [6.45, 7) is 2.02. The Morgan fingerprint density at radius 2 is 1.82 bits per heavy atom. The predicted octanol–water partition coefficient (Wildman–Crippen LogP) is 2.61. The Kier molecular flexibility index (Phi) is 3.62. The summed E-state index contributed by atoms with van der Waals surface area (Å²) in [5, 5.41) is 0. The lowest BCUT2D eigenvalue weighted by Crippen LogP contribution is -2.14. The quantitative estimate of drug-likeness (QED) is 0.804. The molecule has 3 aromatic rings. The van der Waals surface area contributed by atoms with E-state index >= 15 is 0 Å². The first-order chi connectivity index (χ1) is 10.6. The molecule has 3 rings (SSSR count). The molecule has 0 unspecified atom stereocenters. The van der Waals surface area contributed by atoms with Gasteiger partial charge in [0.05, 0.1) is 11.3 Å². The standard InChI is InChI=1S/C17H14N4O/c1-11-4-6-12(7-5-11)17-20-10-14(16(18)22)15(21-17)13-3-2-8-19-9-13/h2-10H,1H3,(H2,18,22). The van der Waals surface area contributed by atoms with Gasteiger partial charge in [-0.1, -0.05) is 29.8 Å². The van der Waals surface area contributed by atoms with Gasteiger partial charge in [-0.3, -0.25) is 9.78 Å². The molecule has 0 spiro atoms. The maximum atomic E-state index is 11.6. The SMILES string of the molecule is Cc1ccc(-c2ncc(C(N)=O)c(-c3cccnc3)n2)cc1. The van der Waals surface area contributed by atoms with Crippen molar-refractivity contribution in [3.05, 3.63) is 66.1 Å². The number of nitrogens with zero attached hydrogens (tertiary/aromatic N) is 3. The van der Waals surface area contributed by atoms with Gasteiger partial charge in [0, 0.05) is 29.7 Å². The van der Waals surface area contributed by atoms with E-state index in [4.69, 9.17) is 5.73 Å². The molecule has 0 saturated carbocycles. The van der Waals surface area contributed by atoms with Crippen LogP contribution >= 0.6 is 0 Å². The number of pyridine rings is 1. The molecule has 0 saturated heterocycles. The first-order valence-corrected chi connectivity index (χ1v) is 6.79. The Morgan fingerprint density at radius 3 is 2.45 bits per heavy atom. The van der Waals surface area contributed by atoms with Gasteiger partial charge in [0.25, 0.3) is 5.91 Å². The van der Waals surface area contributed by atoms with Crippen molar-refractivity contribution in [2.24, 2.45) is 5.73 Å². The van der Waals surface area contributed by atoms with Gasteiger partial charge < -0.3 is 5.73 Å². The van der Waals surface area contributed by atoms with Crippen LogP contribution in [-0.4, -0.2) is 20.9 Å². The lowest BCUT2D eigenvalue weighted by molar-refractivity contribution is 0.100. The van der Waals surface area contributed by atoms with Crippen molar-refractivity contribution in [1.82, 2.24) is 15.0 Å². The van der Waals surface area contributed by atoms with Crippen molar-refractivity contribution >= 4 is 5.91 Å². The molecule has 5 heteroatoms. The second-order valence-electron chi connectivity index (χ2n) is 4.93. The van der Waals surface area contributed by atoms with Gasteiger partial charge in [-0.25, -0.2) is 9.97 Å². The molecule has 0 aliphatic heterocycles. The molecule has 0 atom stereocenters. The number of carbonyl (C=O) groups is 1. The molecule has 5 nitrogen and oxygen atoms in total. The summed E-state index contributed by atoms with van der Waals surface area (Å²) < 4.78 is 0. The van der Waals surface area contributed by atoms with E-state index in [0.717, 1.165) is 16.7 Å². The second-order valence-corrected chi connectivity index (χ2v) is 4.93. The van der Waals surface area contributed by atoms with Crippen LogP contribution in [0.15, 0.2) is 55.0 Å². The molecule has 0 radical (unpaired) electrons. The summed E-state index contributed by atoms with van der Waals surface area (Å²) in [6.07, 6.45) is 4.77. The first-order valence-electron chi connectivity index (χ1n) is 6.79. The van der Waals surface area contributed by atoms with Gasteiger partial charge in [0.2, 0.25) is 0 Å². The summed E-state index contributed by atoms with van der Waals surface area (Å²) >= 11 is 0. The number of aromatic nitrogens is 3. The zero-order valence-electron chi connectivity index (χ0n) is 12.0. The average Bonchev–Trinajstić information content (AvgIpc) is 2.56. The number of amides is 1. The smallest absolute Gasteiger partial charge is 0.252 e. The predicted molar refractivity (Wildman–Crippen MR) is 84.0 cm³/mol. The minimum atomic E-state index is -0.561. The minimum Gasteiger partial charge on any atom is -0.365 e. The van der Waals surface area contributed by atoms with E-state index in [9.17, 15) is 4.79 Å². The molecule has 0 aliphatic carbocycles. The molecular weight excluding hydrogens is 276 g/mol. The normalized spacial score (nSPS) is 10.4. The van der Waals surface area contributed by atoms with Gasteiger partial charge in [-0.2, -0.15) is 0 Å². The van der Waals surface area contributed by atoms with Crippen LogP contribution in [0.3, 0.4) is 0 Å². The average molecular weight is 290 g/mol. The third kappa shape index (κ3) is 2.69. The Balaban J connectivity index is 2.16. The van der Waals surface area contributed by atoms with Crippen molar-refractivity contribution < 1.29 is 4.79 Å². The third-order valence-corrected chi connectivity index (χ3v) is 3.30. The maximum Gasteiger partial charge on any atom is 0.252 e. The fourth-order valence-corrected chi connectivity index (χ4v) is 2.13. The number of hydrogen-bond donors (Lipinski definition) is 1. The van der Waals surface area contributed by atoms with Crippen LogP contribution in [0.25, 0.3) is 22.6 Å². The summed E-state index contributed by atoms with van der Waals surface area (Å²) in [7, 11) is 0. The van der Waals surface area contributed by atoms with E-state index in [1.807, 2.05) is 37.3 Å². The van der Waals surface area contributed by atoms with Crippen molar-refractivity contribution in [3.8, 4) is 22.6 Å². The van der Waals surface area contributed by atoms with Crippen LogP contribution in [-0.2, 0) is 0 Å². The van der Waals surface area contributed by atoms with Crippen LogP contribution in [0, 0.1) is 6.92 Å². The van der Waals surface area contributed by atoms with Crippen molar-refractivity contribution in [2.45, 2.75) is 6.92 Å². The lowest BCUT2D eigenvalue weighted by Gasteiger charge is -2.08. The van der Waals surface area contributed by atoms with Gasteiger partial charge in [-0.15, -0.1) is 0 Å². The molecule has 0 aliphatic rings. The van der Waals surface area contributed by atoms with E-state index < -0.39 is 5.91 Å². The van der Waals surface area contributed by atoms with Crippen molar-refractivity contribution in [3.63, 3.8) is 0 Å². The summed E-state index contributed by atoms with van der Waals surface area (Å²) in [5.41, 5.74) is 8.96. The van der Waals surface area contributed by atoms with E-state index in [2.05, 4.69) is 15.0 Å². The minimum absolute atomic E-state index is 0.281. The van der Waals surface area contributed by atoms with Crippen molar-refractivity contribution in [1.29, 1.82) is 0 Å². The Hall–Kier alpha value is -3.08. The molecule has 22 heavy (non-hydrogen) atoms. The maximum absolute atomic E-state index is 11.6. The van der Waals surface area contributed by atoms with E-state index in [-0.39, 0.29) is 5.56 Å². The monoisotopic (exact) mass is 290 g/mol. The molecule has 1 amide bonds. The number of aryl methyl sites for hydroxylation is 1. The second kappa shape index (κ2) is 5.73. The zero-order chi connectivity index (χ0) is 15.5. The highest BCUT2D eigenvalue weighted by atomic mass is 16.1. The highest BCUT2D eigenvalue weighted by molar-refractivity contribution is 5.98. The Labute approximate surface area is 127 Å². The van der Waals surface area contributed by atoms with Crippen LogP contribution in [0.2, 0.25) is 0 Å². The molecular formula is C17H14N4O. The van der Waals surface area contributed by atoms with Crippen molar-refractivity contribution in [2.75, 3.05) is 0 Å². The zero-order valence-corrected chi connectivity index (χ0v) is 12.0. The number of hydrogen-bond acceptors (Lipinski definition) is 4. The fourth-order valence-electron chi connectivity index (χ4n) is 2.13. The van der Waals surface area contributed by atoms with Gasteiger partial charge in [0.15, 0.2) is 5.82 Å². The number of rotatable bonds is 3. The topological polar surface area (TPSA) is 81.8 Å². The fraction of sp³-hybridized carbons (Fsp3) is 0.0588. The van der Waals surface area contributed by atoms with Gasteiger partial charge in [0.1, 0.15) is 0 Å². The number of nitrogens with two attached hydrogens (primary N) is 1. The lowest BCUT2D eigenvalue weighted by atomic mass is 10.1. The molecule has 2 N–H and O–H groups in total. The van der Waals surface area contributed by atoms with Crippen LogP contribution in [0.4, 0.5) is 0 Å². The Morgan fingerprint density at radius 1 is 1.05 bits per heavy atom. The molecule has 0 fully saturated rings. The summed E-state index contributed by atoms with van der Waals surface area (Å²) in [6, 6.07) is 11.5. The molecule has 0 bridgehead atoms. The van der Waals surface area contributed by atoms with E-state index in [1.54, 1.807) is 18.5 Å². The van der Waals surface area contributed by atoms with Crippen LogP contribution in [0.1, 0.15) is 15.9 Å². The Bertz CT molecular complexity index is 814. The van der Waals surface area contributed by atoms with Gasteiger partial charge >= 0.3 is 0 Å². The number of carbonyl (C=O) groups excluding carboxylic acids is 1. The highest BCUT2D eigenvalue weighted by Gasteiger charge is 2.14.